The summed E-state index contributed by atoms with van der Waals surface area (Å²) in [6.45, 7) is 2.19. The van der Waals surface area contributed by atoms with Crippen molar-refractivity contribution < 1.29 is 13.5 Å². The molecule has 6 heteroatoms. The van der Waals surface area contributed by atoms with Gasteiger partial charge in [0.2, 0.25) is 10.0 Å². The van der Waals surface area contributed by atoms with Crippen molar-refractivity contribution in [3.63, 3.8) is 0 Å². The third-order valence-electron chi connectivity index (χ3n) is 2.01. The first-order valence-electron chi connectivity index (χ1n) is 4.26. The second kappa shape index (κ2) is 4.63. The van der Waals surface area contributed by atoms with E-state index in [1.807, 2.05) is 6.92 Å². The minimum absolute atomic E-state index is 0.0651. The van der Waals surface area contributed by atoms with Crippen LogP contribution >= 0.6 is 11.8 Å². The van der Waals surface area contributed by atoms with Crippen molar-refractivity contribution in [3.8, 4) is 0 Å². The molecule has 1 heterocycles. The molecule has 0 spiro atoms. The van der Waals surface area contributed by atoms with Crippen LogP contribution in [0.2, 0.25) is 0 Å². The number of hydrogen-bond donors (Lipinski definition) is 1. The van der Waals surface area contributed by atoms with E-state index in [-0.39, 0.29) is 18.4 Å². The SMILES string of the molecule is CC1CSCCN1S(=O)(=O)CCO. The number of sulfonamides is 1. The van der Waals surface area contributed by atoms with Crippen LogP contribution in [0.3, 0.4) is 0 Å². The molecule has 0 aromatic carbocycles. The van der Waals surface area contributed by atoms with E-state index in [1.165, 1.54) is 4.31 Å². The van der Waals surface area contributed by atoms with E-state index >= 15 is 0 Å². The number of nitrogens with zero attached hydrogens (tertiary/aromatic N) is 1. The van der Waals surface area contributed by atoms with Crippen molar-refractivity contribution in [1.29, 1.82) is 0 Å². The van der Waals surface area contributed by atoms with Gasteiger partial charge in [-0.15, -0.1) is 0 Å². The van der Waals surface area contributed by atoms with Crippen LogP contribution in [-0.4, -0.2) is 54.3 Å². The quantitative estimate of drug-likeness (QED) is 0.719. The topological polar surface area (TPSA) is 57.6 Å². The fraction of sp³-hybridized carbons (Fsp3) is 1.00. The van der Waals surface area contributed by atoms with E-state index in [0.717, 1.165) is 11.5 Å². The number of aliphatic hydroxyl groups excluding tert-OH is 1. The van der Waals surface area contributed by atoms with Crippen molar-refractivity contribution in [2.45, 2.75) is 13.0 Å². The Labute approximate surface area is 83.4 Å². The van der Waals surface area contributed by atoms with Gasteiger partial charge in [-0.3, -0.25) is 0 Å². The highest BCUT2D eigenvalue weighted by atomic mass is 32.2. The minimum Gasteiger partial charge on any atom is -0.395 e. The van der Waals surface area contributed by atoms with Crippen LogP contribution in [-0.2, 0) is 10.0 Å². The predicted octanol–water partition coefficient (Wildman–Crippen LogP) is -0.254. The monoisotopic (exact) mass is 225 g/mol. The molecule has 1 rings (SSSR count). The summed E-state index contributed by atoms with van der Waals surface area (Å²) in [5.74, 6) is 1.56. The average Bonchev–Trinajstić information content (AvgIpc) is 2.04. The molecule has 0 radical (unpaired) electrons. The first-order valence-corrected chi connectivity index (χ1v) is 7.02. The predicted molar refractivity (Wildman–Crippen MR) is 54.4 cm³/mol. The Morgan fingerprint density at radius 1 is 1.62 bits per heavy atom. The van der Waals surface area contributed by atoms with Crippen molar-refractivity contribution in [3.05, 3.63) is 0 Å². The third kappa shape index (κ3) is 2.83. The Balaban J connectivity index is 2.68. The van der Waals surface area contributed by atoms with Crippen molar-refractivity contribution in [1.82, 2.24) is 4.31 Å². The minimum atomic E-state index is -3.21. The van der Waals surface area contributed by atoms with Crippen molar-refractivity contribution >= 4 is 21.8 Å². The Morgan fingerprint density at radius 3 is 2.85 bits per heavy atom. The Bertz CT molecular complexity index is 252. The molecule has 1 aliphatic heterocycles. The molecule has 1 atom stereocenters. The molecule has 0 aliphatic carbocycles. The fourth-order valence-corrected chi connectivity index (χ4v) is 4.04. The summed E-state index contributed by atoms with van der Waals surface area (Å²) in [5, 5.41) is 8.61. The zero-order chi connectivity index (χ0) is 9.90. The van der Waals surface area contributed by atoms with Gasteiger partial charge in [0.05, 0.1) is 12.4 Å². The van der Waals surface area contributed by atoms with Gasteiger partial charge in [-0.25, -0.2) is 8.42 Å². The summed E-state index contributed by atoms with van der Waals surface area (Å²) < 4.78 is 24.6. The van der Waals surface area contributed by atoms with E-state index in [9.17, 15) is 8.42 Å². The van der Waals surface area contributed by atoms with Gasteiger partial charge >= 0.3 is 0 Å². The van der Waals surface area contributed by atoms with E-state index in [2.05, 4.69) is 0 Å². The molecule has 0 aromatic rings. The molecule has 78 valence electrons. The highest BCUT2D eigenvalue weighted by Gasteiger charge is 2.28. The first kappa shape index (κ1) is 11.3. The van der Waals surface area contributed by atoms with Crippen molar-refractivity contribution in [2.75, 3.05) is 30.4 Å². The Kier molecular flexibility index (Phi) is 4.03. The number of thioether (sulfide) groups is 1. The molecule has 1 N–H and O–H groups in total. The van der Waals surface area contributed by atoms with Gasteiger partial charge in [-0.2, -0.15) is 16.1 Å². The maximum absolute atomic E-state index is 11.6. The summed E-state index contributed by atoms with van der Waals surface area (Å²) in [5.41, 5.74) is 0. The standard InChI is InChI=1S/C7H15NO3S2/c1-7-6-12-4-2-8(7)13(10,11)5-3-9/h7,9H,2-6H2,1H3. The van der Waals surface area contributed by atoms with Gasteiger partial charge in [0.1, 0.15) is 0 Å². The molecular weight excluding hydrogens is 210 g/mol. The zero-order valence-electron chi connectivity index (χ0n) is 7.64. The van der Waals surface area contributed by atoms with Crippen LogP contribution < -0.4 is 0 Å². The van der Waals surface area contributed by atoms with Gasteiger partial charge in [0.15, 0.2) is 0 Å². The van der Waals surface area contributed by atoms with Crippen LogP contribution in [0.5, 0.6) is 0 Å². The molecule has 0 aromatic heterocycles. The lowest BCUT2D eigenvalue weighted by molar-refractivity contribution is 0.309. The van der Waals surface area contributed by atoms with Gasteiger partial charge < -0.3 is 5.11 Å². The van der Waals surface area contributed by atoms with Crippen molar-refractivity contribution in [2.24, 2.45) is 0 Å². The number of hydrogen-bond acceptors (Lipinski definition) is 4. The Hall–Kier alpha value is 0.220. The van der Waals surface area contributed by atoms with Crippen LogP contribution in [0.4, 0.5) is 0 Å². The molecule has 13 heavy (non-hydrogen) atoms. The molecule has 1 unspecified atom stereocenters. The van der Waals surface area contributed by atoms with Gasteiger partial charge in [0, 0.05) is 24.1 Å². The second-order valence-corrected chi connectivity index (χ2v) is 6.27. The maximum Gasteiger partial charge on any atom is 0.216 e. The highest BCUT2D eigenvalue weighted by molar-refractivity contribution is 7.99. The number of rotatable bonds is 3. The third-order valence-corrected chi connectivity index (χ3v) is 5.16. The van der Waals surface area contributed by atoms with Crippen LogP contribution in [0.1, 0.15) is 6.92 Å². The lowest BCUT2D eigenvalue weighted by Gasteiger charge is -2.31. The summed E-state index contributed by atoms with van der Waals surface area (Å²) in [4.78, 5) is 0. The molecule has 4 nitrogen and oxygen atoms in total. The zero-order valence-corrected chi connectivity index (χ0v) is 9.27. The largest absolute Gasteiger partial charge is 0.395 e. The smallest absolute Gasteiger partial charge is 0.216 e. The first-order chi connectivity index (χ1) is 6.08. The molecule has 0 saturated carbocycles. The summed E-state index contributed by atoms with van der Waals surface area (Å²) >= 11 is 1.77. The molecule has 0 bridgehead atoms. The molecule has 0 amide bonds. The summed E-state index contributed by atoms with van der Waals surface area (Å²) in [7, 11) is -3.21. The normalized spacial score (nSPS) is 26.2. The van der Waals surface area contributed by atoms with Gasteiger partial charge in [-0.05, 0) is 6.92 Å². The average molecular weight is 225 g/mol. The molecule has 1 aliphatic rings. The van der Waals surface area contributed by atoms with Crippen LogP contribution in [0, 0.1) is 0 Å². The lowest BCUT2D eigenvalue weighted by atomic mass is 10.4. The van der Waals surface area contributed by atoms with Gasteiger partial charge in [-0.1, -0.05) is 0 Å². The molecule has 1 fully saturated rings. The van der Waals surface area contributed by atoms with Crippen LogP contribution in [0.25, 0.3) is 0 Å². The molecule has 1 saturated heterocycles. The van der Waals surface area contributed by atoms with E-state index in [4.69, 9.17) is 5.11 Å². The highest BCUT2D eigenvalue weighted by Crippen LogP contribution is 2.19. The number of aliphatic hydroxyl groups is 1. The second-order valence-electron chi connectivity index (χ2n) is 3.07. The van der Waals surface area contributed by atoms with E-state index in [1.54, 1.807) is 11.8 Å². The lowest BCUT2D eigenvalue weighted by Crippen LogP contribution is -2.45. The van der Waals surface area contributed by atoms with E-state index in [0.29, 0.717) is 6.54 Å². The summed E-state index contributed by atoms with van der Waals surface area (Å²) in [6, 6.07) is 0.0651. The maximum atomic E-state index is 11.6. The fourth-order valence-electron chi connectivity index (χ4n) is 1.36. The van der Waals surface area contributed by atoms with Crippen LogP contribution in [0.15, 0.2) is 0 Å². The Morgan fingerprint density at radius 2 is 2.31 bits per heavy atom. The van der Waals surface area contributed by atoms with E-state index < -0.39 is 10.0 Å². The van der Waals surface area contributed by atoms with Gasteiger partial charge in [0.25, 0.3) is 0 Å². The molecular formula is C7H15NO3S2. The summed E-state index contributed by atoms with van der Waals surface area (Å²) in [6.07, 6.45) is 0.